The van der Waals surface area contributed by atoms with Crippen molar-refractivity contribution in [1.82, 2.24) is 4.98 Å². The summed E-state index contributed by atoms with van der Waals surface area (Å²) in [6, 6.07) is 6.47. The number of aromatic nitrogens is 1. The molecule has 2 heterocycles. The maximum absolute atomic E-state index is 5.74. The number of ether oxygens (including phenoxy) is 1. The first-order valence-corrected chi connectivity index (χ1v) is 5.61. The van der Waals surface area contributed by atoms with E-state index in [1.54, 1.807) is 0 Å². The topological polar surface area (TPSA) is 25.0 Å². The summed E-state index contributed by atoms with van der Waals surface area (Å²) in [6.07, 6.45) is 4.35. The Labute approximate surface area is 94.9 Å². The van der Waals surface area contributed by atoms with Gasteiger partial charge in [0.1, 0.15) is 6.10 Å². The van der Waals surface area contributed by atoms with E-state index in [1.165, 1.54) is 27.6 Å². The second-order valence-electron chi connectivity index (χ2n) is 4.45. The van der Waals surface area contributed by atoms with Crippen LogP contribution in [0.3, 0.4) is 0 Å². The van der Waals surface area contributed by atoms with Gasteiger partial charge in [-0.1, -0.05) is 17.7 Å². The molecule has 2 nitrogen and oxygen atoms in total. The third kappa shape index (κ3) is 1.38. The zero-order chi connectivity index (χ0) is 11.1. The van der Waals surface area contributed by atoms with Crippen LogP contribution in [0.5, 0.6) is 0 Å². The molecule has 1 atom stereocenters. The fraction of sp³-hybridized carbons (Fsp3) is 0.286. The van der Waals surface area contributed by atoms with E-state index in [0.29, 0.717) is 0 Å². The number of benzene rings is 1. The van der Waals surface area contributed by atoms with Crippen LogP contribution < -0.4 is 0 Å². The smallest absolute Gasteiger partial charge is 0.106 e. The molecule has 82 valence electrons. The van der Waals surface area contributed by atoms with Crippen molar-refractivity contribution in [3.8, 4) is 0 Å². The Morgan fingerprint density at radius 1 is 1.31 bits per heavy atom. The third-order valence-electron chi connectivity index (χ3n) is 3.23. The van der Waals surface area contributed by atoms with Crippen molar-refractivity contribution in [2.45, 2.75) is 20.0 Å². The van der Waals surface area contributed by atoms with Gasteiger partial charge in [0, 0.05) is 22.7 Å². The lowest BCUT2D eigenvalue weighted by Crippen LogP contribution is -1.98. The quantitative estimate of drug-likeness (QED) is 0.721. The van der Waals surface area contributed by atoms with Gasteiger partial charge in [0.2, 0.25) is 0 Å². The largest absolute Gasteiger partial charge is 0.365 e. The van der Waals surface area contributed by atoms with Crippen molar-refractivity contribution in [2.24, 2.45) is 0 Å². The molecule has 2 heteroatoms. The van der Waals surface area contributed by atoms with Crippen molar-refractivity contribution in [2.75, 3.05) is 6.61 Å². The van der Waals surface area contributed by atoms with Crippen molar-refractivity contribution in [3.63, 3.8) is 0 Å². The highest BCUT2D eigenvalue weighted by Gasteiger charge is 2.21. The molecule has 0 amide bonds. The molecule has 1 aliphatic rings. The van der Waals surface area contributed by atoms with Gasteiger partial charge in [-0.2, -0.15) is 0 Å². The Hall–Kier alpha value is -1.54. The number of nitrogens with one attached hydrogen (secondary N) is 1. The van der Waals surface area contributed by atoms with Crippen LogP contribution in [0, 0.1) is 6.92 Å². The molecule has 0 spiro atoms. The van der Waals surface area contributed by atoms with Gasteiger partial charge in [0.05, 0.1) is 6.61 Å². The maximum atomic E-state index is 5.74. The summed E-state index contributed by atoms with van der Waals surface area (Å²) >= 11 is 0. The lowest BCUT2D eigenvalue weighted by molar-refractivity contribution is 0.124. The SMILES string of the molecule is CC1=CCOC1c1c[nH]c2ccc(C)cc12. The molecule has 3 rings (SSSR count). The average Bonchev–Trinajstić information content (AvgIpc) is 2.83. The summed E-state index contributed by atoms with van der Waals surface area (Å²) in [4.78, 5) is 3.31. The van der Waals surface area contributed by atoms with Crippen LogP contribution in [0.4, 0.5) is 0 Å². The molecule has 1 aromatic carbocycles. The van der Waals surface area contributed by atoms with E-state index < -0.39 is 0 Å². The fourth-order valence-electron chi connectivity index (χ4n) is 2.32. The maximum Gasteiger partial charge on any atom is 0.106 e. The summed E-state index contributed by atoms with van der Waals surface area (Å²) < 4.78 is 5.74. The molecule has 1 unspecified atom stereocenters. The molecule has 2 aromatic rings. The van der Waals surface area contributed by atoms with Gasteiger partial charge in [-0.25, -0.2) is 0 Å². The van der Waals surface area contributed by atoms with E-state index in [4.69, 9.17) is 4.74 Å². The van der Waals surface area contributed by atoms with E-state index in [-0.39, 0.29) is 6.10 Å². The average molecular weight is 213 g/mol. The molecule has 1 N–H and O–H groups in total. The lowest BCUT2D eigenvalue weighted by atomic mass is 10.0. The second-order valence-corrected chi connectivity index (χ2v) is 4.45. The number of hydrogen-bond acceptors (Lipinski definition) is 1. The highest BCUT2D eigenvalue weighted by molar-refractivity contribution is 5.84. The summed E-state index contributed by atoms with van der Waals surface area (Å²) in [5.41, 5.74) is 5.03. The Morgan fingerprint density at radius 2 is 2.19 bits per heavy atom. The minimum atomic E-state index is 0.135. The van der Waals surface area contributed by atoms with Crippen LogP contribution in [0.25, 0.3) is 10.9 Å². The number of aromatic amines is 1. The van der Waals surface area contributed by atoms with E-state index in [2.05, 4.69) is 49.3 Å². The highest BCUT2D eigenvalue weighted by Crippen LogP contribution is 2.34. The molecule has 0 bridgehead atoms. The van der Waals surface area contributed by atoms with Crippen LogP contribution in [-0.2, 0) is 4.74 Å². The third-order valence-corrected chi connectivity index (χ3v) is 3.23. The van der Waals surface area contributed by atoms with Gasteiger partial charge in [0.15, 0.2) is 0 Å². The number of H-pyrrole nitrogens is 1. The zero-order valence-corrected chi connectivity index (χ0v) is 9.58. The molecule has 0 fully saturated rings. The summed E-state index contributed by atoms with van der Waals surface area (Å²) in [6.45, 7) is 4.98. The van der Waals surface area contributed by atoms with Crippen LogP contribution in [-0.4, -0.2) is 11.6 Å². The van der Waals surface area contributed by atoms with Crippen molar-refractivity contribution in [1.29, 1.82) is 0 Å². The van der Waals surface area contributed by atoms with Crippen molar-refractivity contribution in [3.05, 3.63) is 47.2 Å². The van der Waals surface area contributed by atoms with Gasteiger partial charge in [-0.3, -0.25) is 0 Å². The Morgan fingerprint density at radius 3 is 2.94 bits per heavy atom. The summed E-state index contributed by atoms with van der Waals surface area (Å²) in [5.74, 6) is 0. The van der Waals surface area contributed by atoms with Crippen LogP contribution in [0.1, 0.15) is 24.2 Å². The molecule has 16 heavy (non-hydrogen) atoms. The zero-order valence-electron chi connectivity index (χ0n) is 9.58. The highest BCUT2D eigenvalue weighted by atomic mass is 16.5. The number of hydrogen-bond donors (Lipinski definition) is 1. The van der Waals surface area contributed by atoms with Gasteiger partial charge >= 0.3 is 0 Å². The first-order chi connectivity index (χ1) is 7.75. The van der Waals surface area contributed by atoms with Crippen molar-refractivity contribution >= 4 is 10.9 Å². The van der Waals surface area contributed by atoms with Gasteiger partial charge in [0.25, 0.3) is 0 Å². The molecular weight excluding hydrogens is 198 g/mol. The number of aryl methyl sites for hydroxylation is 1. The van der Waals surface area contributed by atoms with Gasteiger partial charge in [-0.05, 0) is 31.6 Å². The van der Waals surface area contributed by atoms with Crippen LogP contribution in [0.15, 0.2) is 36.0 Å². The van der Waals surface area contributed by atoms with Crippen molar-refractivity contribution < 1.29 is 4.74 Å². The Kier molecular flexibility index (Phi) is 2.11. The van der Waals surface area contributed by atoms with Gasteiger partial charge < -0.3 is 9.72 Å². The predicted molar refractivity (Wildman–Crippen MR) is 65.5 cm³/mol. The monoisotopic (exact) mass is 213 g/mol. The molecule has 0 saturated heterocycles. The summed E-state index contributed by atoms with van der Waals surface area (Å²) in [7, 11) is 0. The van der Waals surface area contributed by atoms with E-state index in [0.717, 1.165) is 6.61 Å². The van der Waals surface area contributed by atoms with E-state index >= 15 is 0 Å². The Balaban J connectivity index is 2.17. The number of rotatable bonds is 1. The fourth-order valence-corrected chi connectivity index (χ4v) is 2.32. The summed E-state index contributed by atoms with van der Waals surface area (Å²) in [5, 5.41) is 1.28. The lowest BCUT2D eigenvalue weighted by Gasteiger charge is -2.11. The molecule has 1 aromatic heterocycles. The van der Waals surface area contributed by atoms with E-state index in [1.807, 2.05) is 0 Å². The molecule has 0 saturated carbocycles. The molecule has 1 aliphatic heterocycles. The Bertz CT molecular complexity index is 565. The second kappa shape index (κ2) is 3.49. The first kappa shape index (κ1) is 9.67. The van der Waals surface area contributed by atoms with Crippen LogP contribution in [0.2, 0.25) is 0 Å². The number of fused-ring (bicyclic) bond motifs is 1. The molecular formula is C14H15NO. The molecule has 0 aliphatic carbocycles. The normalized spacial score (nSPS) is 20.4. The molecule has 0 radical (unpaired) electrons. The standard InChI is InChI=1S/C14H15NO/c1-9-3-4-13-11(7-9)12(8-15-13)14-10(2)5-6-16-14/h3-5,7-8,14-15H,6H2,1-2H3. The van der Waals surface area contributed by atoms with Gasteiger partial charge in [-0.15, -0.1) is 0 Å². The van der Waals surface area contributed by atoms with E-state index in [9.17, 15) is 0 Å². The minimum absolute atomic E-state index is 0.135. The predicted octanol–water partition coefficient (Wildman–Crippen LogP) is 3.49. The van der Waals surface area contributed by atoms with Crippen LogP contribution >= 0.6 is 0 Å². The first-order valence-electron chi connectivity index (χ1n) is 5.61. The minimum Gasteiger partial charge on any atom is -0.365 e.